The Bertz CT molecular complexity index is 1340. The highest BCUT2D eigenvalue weighted by atomic mass is 19.1. The van der Waals surface area contributed by atoms with E-state index >= 15 is 0 Å². The summed E-state index contributed by atoms with van der Waals surface area (Å²) in [6.45, 7) is 5.48. The highest BCUT2D eigenvalue weighted by Gasteiger charge is 2.30. The average molecular weight is 481 g/mol. The summed E-state index contributed by atoms with van der Waals surface area (Å²) in [7, 11) is 1.62. The number of rotatable bonds is 7. The zero-order valence-electron chi connectivity index (χ0n) is 19.9. The van der Waals surface area contributed by atoms with Gasteiger partial charge in [0.25, 0.3) is 0 Å². The molecule has 2 saturated heterocycles. The second-order valence-corrected chi connectivity index (χ2v) is 9.37. The first-order chi connectivity index (χ1) is 17.1. The molecular formula is C24H29FN8O2. The maximum absolute atomic E-state index is 13.6. The first kappa shape index (κ1) is 22.2. The molecular weight excluding hydrogens is 451 g/mol. The van der Waals surface area contributed by atoms with Crippen molar-refractivity contribution >= 4 is 22.5 Å². The van der Waals surface area contributed by atoms with Crippen molar-refractivity contribution in [3.63, 3.8) is 0 Å². The number of hydrogen-bond donors (Lipinski definition) is 1. The smallest absolute Gasteiger partial charge is 0.244 e. The number of hydrogen-bond acceptors (Lipinski definition) is 8. The van der Waals surface area contributed by atoms with Crippen LogP contribution in [0.2, 0.25) is 0 Å². The van der Waals surface area contributed by atoms with Crippen LogP contribution in [-0.2, 0) is 11.3 Å². The largest absolute Gasteiger partial charge is 0.479 e. The van der Waals surface area contributed by atoms with Gasteiger partial charge in [-0.3, -0.25) is 4.90 Å². The van der Waals surface area contributed by atoms with Crippen LogP contribution in [0.5, 0.6) is 5.88 Å². The van der Waals surface area contributed by atoms with Crippen LogP contribution in [0.25, 0.3) is 27.7 Å². The molecule has 1 atom stereocenters. The van der Waals surface area contributed by atoms with Crippen LogP contribution in [0, 0.1) is 0 Å². The number of halogens is 1. The molecule has 0 unspecified atom stereocenters. The number of ether oxygens (including phenoxy) is 2. The molecule has 5 heterocycles. The first-order valence-corrected chi connectivity index (χ1v) is 12.1. The molecule has 35 heavy (non-hydrogen) atoms. The van der Waals surface area contributed by atoms with Crippen LogP contribution in [-0.4, -0.2) is 86.2 Å². The Hall–Kier alpha value is -3.31. The number of aromatic nitrogens is 6. The lowest BCUT2D eigenvalue weighted by Gasteiger charge is -2.41. The standard InChI is InChI=1S/C24H29FN8O2/c1-15(25)12-33-21-11-16(3-4-20(21)28-30-33)19-7-10-32-22(19)23(34-2)27-24(29-32)26-17-5-8-31(9-6-17)18-13-35-14-18/h3-4,7,10-11,15,17-18H,5-6,8-9,12-14H2,1-2H3,(H,26,29)/t15-/m0/s1. The lowest BCUT2D eigenvalue weighted by atomic mass is 10.0. The topological polar surface area (TPSA) is 94.6 Å². The lowest BCUT2D eigenvalue weighted by molar-refractivity contribution is -0.0705. The highest BCUT2D eigenvalue weighted by molar-refractivity contribution is 5.89. The van der Waals surface area contributed by atoms with Gasteiger partial charge in [-0.1, -0.05) is 11.3 Å². The summed E-state index contributed by atoms with van der Waals surface area (Å²) >= 11 is 0. The minimum absolute atomic E-state index is 0.158. The number of fused-ring (bicyclic) bond motifs is 2. The normalized spacial score (nSPS) is 18.7. The zero-order valence-corrected chi connectivity index (χ0v) is 19.9. The predicted octanol–water partition coefficient (Wildman–Crippen LogP) is 2.78. The molecule has 6 rings (SSSR count). The summed E-state index contributed by atoms with van der Waals surface area (Å²) in [5, 5.41) is 16.5. The molecule has 0 radical (unpaired) electrons. The first-order valence-electron chi connectivity index (χ1n) is 12.1. The molecule has 184 valence electrons. The van der Waals surface area contributed by atoms with Gasteiger partial charge < -0.3 is 14.8 Å². The molecule has 11 heteroatoms. The Morgan fingerprint density at radius 2 is 2.06 bits per heavy atom. The van der Waals surface area contributed by atoms with Crippen molar-refractivity contribution in [2.24, 2.45) is 0 Å². The van der Waals surface area contributed by atoms with Gasteiger partial charge in [-0.05, 0) is 43.5 Å². The highest BCUT2D eigenvalue weighted by Crippen LogP contribution is 2.33. The summed E-state index contributed by atoms with van der Waals surface area (Å²) in [6, 6.07) is 8.73. The van der Waals surface area contributed by atoms with Crippen LogP contribution in [0.15, 0.2) is 30.5 Å². The monoisotopic (exact) mass is 480 g/mol. The van der Waals surface area contributed by atoms with E-state index in [2.05, 4.69) is 25.5 Å². The quantitative estimate of drug-likeness (QED) is 0.432. The summed E-state index contributed by atoms with van der Waals surface area (Å²) in [5.74, 6) is 1.05. The van der Waals surface area contributed by atoms with Crippen molar-refractivity contribution in [2.45, 2.75) is 44.6 Å². The summed E-state index contributed by atoms with van der Waals surface area (Å²) in [6.07, 6.45) is 2.97. The minimum atomic E-state index is -1.02. The van der Waals surface area contributed by atoms with E-state index in [1.165, 1.54) is 6.92 Å². The van der Waals surface area contributed by atoms with E-state index in [0.29, 0.717) is 23.9 Å². The SMILES string of the molecule is COc1nc(NC2CCN(C3COC3)CC2)nn2ccc(-c3ccc4nnn(C[C@H](C)F)c4c3)c12. The fourth-order valence-electron chi connectivity index (χ4n) is 4.96. The third kappa shape index (κ3) is 4.19. The Balaban J connectivity index is 1.27. The third-order valence-corrected chi connectivity index (χ3v) is 6.92. The maximum atomic E-state index is 13.6. The van der Waals surface area contributed by atoms with E-state index in [9.17, 15) is 4.39 Å². The number of benzene rings is 1. The average Bonchev–Trinajstić information content (AvgIpc) is 3.42. The molecule has 4 aromatic rings. The zero-order chi connectivity index (χ0) is 23.9. The van der Waals surface area contributed by atoms with Crippen LogP contribution >= 0.6 is 0 Å². The van der Waals surface area contributed by atoms with Gasteiger partial charge in [-0.2, -0.15) is 4.98 Å². The molecule has 0 aliphatic carbocycles. The molecule has 0 bridgehead atoms. The van der Waals surface area contributed by atoms with Crippen molar-refractivity contribution in [2.75, 3.05) is 38.7 Å². The van der Waals surface area contributed by atoms with Crippen molar-refractivity contribution in [1.82, 2.24) is 34.5 Å². The predicted molar refractivity (Wildman–Crippen MR) is 129 cm³/mol. The van der Waals surface area contributed by atoms with Gasteiger partial charge in [-0.25, -0.2) is 13.6 Å². The van der Waals surface area contributed by atoms with Gasteiger partial charge in [0.05, 0.1) is 38.4 Å². The van der Waals surface area contributed by atoms with E-state index in [1.807, 2.05) is 30.5 Å². The van der Waals surface area contributed by atoms with Crippen LogP contribution in [0.1, 0.15) is 19.8 Å². The lowest BCUT2D eigenvalue weighted by Crippen LogP contribution is -2.53. The second kappa shape index (κ2) is 9.04. The summed E-state index contributed by atoms with van der Waals surface area (Å²) in [5.41, 5.74) is 4.14. The number of likely N-dealkylation sites (tertiary alicyclic amines) is 1. The third-order valence-electron chi connectivity index (χ3n) is 6.92. The van der Waals surface area contributed by atoms with Gasteiger partial charge >= 0.3 is 0 Å². The molecule has 3 aromatic heterocycles. The molecule has 0 amide bonds. The van der Waals surface area contributed by atoms with E-state index < -0.39 is 6.17 Å². The maximum Gasteiger partial charge on any atom is 0.244 e. The van der Waals surface area contributed by atoms with Crippen LogP contribution in [0.4, 0.5) is 10.3 Å². The number of anilines is 1. The number of nitrogens with one attached hydrogen (secondary N) is 1. The molecule has 10 nitrogen and oxygen atoms in total. The Morgan fingerprint density at radius 1 is 1.23 bits per heavy atom. The molecule has 0 saturated carbocycles. The molecule has 1 aromatic carbocycles. The van der Waals surface area contributed by atoms with Gasteiger partial charge in [0.15, 0.2) is 0 Å². The Morgan fingerprint density at radius 3 is 2.77 bits per heavy atom. The van der Waals surface area contributed by atoms with Gasteiger partial charge in [0, 0.05) is 30.9 Å². The Kier molecular flexibility index (Phi) is 5.73. The van der Waals surface area contributed by atoms with E-state index in [-0.39, 0.29) is 6.54 Å². The molecule has 2 fully saturated rings. The van der Waals surface area contributed by atoms with Gasteiger partial charge in [0.1, 0.15) is 17.2 Å². The van der Waals surface area contributed by atoms with Crippen LogP contribution in [0.3, 0.4) is 0 Å². The van der Waals surface area contributed by atoms with Crippen molar-refractivity contribution in [3.8, 4) is 17.0 Å². The van der Waals surface area contributed by atoms with Crippen molar-refractivity contribution < 1.29 is 13.9 Å². The number of nitrogens with zero attached hydrogens (tertiary/aromatic N) is 7. The summed E-state index contributed by atoms with van der Waals surface area (Å²) < 4.78 is 28.0. The van der Waals surface area contributed by atoms with Gasteiger partial charge in [-0.15, -0.1) is 10.2 Å². The fourth-order valence-corrected chi connectivity index (χ4v) is 4.96. The molecule has 0 spiro atoms. The van der Waals surface area contributed by atoms with Crippen molar-refractivity contribution in [3.05, 3.63) is 30.5 Å². The second-order valence-electron chi connectivity index (χ2n) is 9.37. The Labute approximate surface area is 202 Å². The fraction of sp³-hybridized carbons (Fsp3) is 0.500. The molecule has 2 aliphatic rings. The van der Waals surface area contributed by atoms with E-state index in [4.69, 9.17) is 14.6 Å². The van der Waals surface area contributed by atoms with E-state index in [1.54, 1.807) is 16.3 Å². The minimum Gasteiger partial charge on any atom is -0.479 e. The summed E-state index contributed by atoms with van der Waals surface area (Å²) in [4.78, 5) is 7.20. The molecule has 1 N–H and O–H groups in total. The van der Waals surface area contributed by atoms with Crippen LogP contribution < -0.4 is 10.1 Å². The number of methoxy groups -OCH3 is 1. The number of piperidine rings is 1. The van der Waals surface area contributed by atoms with Gasteiger partial charge in [0.2, 0.25) is 11.8 Å². The molecule has 2 aliphatic heterocycles. The van der Waals surface area contributed by atoms with Crippen molar-refractivity contribution in [1.29, 1.82) is 0 Å². The van der Waals surface area contributed by atoms with E-state index in [0.717, 1.165) is 66.8 Å². The number of alkyl halides is 1.